The Labute approximate surface area is 162 Å². The molecule has 8 nitrogen and oxygen atoms in total. The van der Waals surface area contributed by atoms with E-state index in [-0.39, 0.29) is 22.9 Å². The van der Waals surface area contributed by atoms with Crippen LogP contribution in [0.15, 0.2) is 35.1 Å². The molecule has 2 aromatic heterocycles. The van der Waals surface area contributed by atoms with Crippen LogP contribution >= 0.6 is 0 Å². The quantitative estimate of drug-likeness (QED) is 0.731. The summed E-state index contributed by atoms with van der Waals surface area (Å²) in [5.74, 6) is 0.807. The minimum Gasteiger partial charge on any atom is -0.342 e. The Morgan fingerprint density at radius 3 is 2.89 bits per heavy atom. The zero-order valence-corrected chi connectivity index (χ0v) is 16.0. The molecule has 1 aliphatic heterocycles. The van der Waals surface area contributed by atoms with Gasteiger partial charge < -0.3 is 9.88 Å². The third-order valence-electron chi connectivity index (χ3n) is 5.19. The van der Waals surface area contributed by atoms with E-state index in [1.54, 1.807) is 4.68 Å². The number of amides is 1. The van der Waals surface area contributed by atoms with Crippen molar-refractivity contribution in [1.29, 1.82) is 0 Å². The highest BCUT2D eigenvalue weighted by molar-refractivity contribution is 5.76. The fourth-order valence-corrected chi connectivity index (χ4v) is 3.74. The average molecular weight is 380 g/mol. The van der Waals surface area contributed by atoms with E-state index >= 15 is 0 Å². The molecule has 1 atom stereocenters. The zero-order chi connectivity index (χ0) is 19.5. The first-order valence-electron chi connectivity index (χ1n) is 9.81. The molecule has 3 heterocycles. The number of nitrogens with one attached hydrogen (secondary N) is 1. The molecule has 0 saturated carbocycles. The highest BCUT2D eigenvalue weighted by Gasteiger charge is 2.27. The lowest BCUT2D eigenvalue weighted by Gasteiger charge is -2.32. The number of rotatable bonds is 5. The molecule has 0 unspecified atom stereocenters. The topological polar surface area (TPSA) is 96.8 Å². The second kappa shape index (κ2) is 7.92. The molecule has 28 heavy (non-hydrogen) atoms. The maximum atomic E-state index is 12.5. The van der Waals surface area contributed by atoms with Crippen LogP contribution in [0.2, 0.25) is 0 Å². The number of likely N-dealkylation sites (tertiary alicyclic amines) is 1. The van der Waals surface area contributed by atoms with Gasteiger partial charge in [0, 0.05) is 25.4 Å². The number of hydrogen-bond donors (Lipinski definition) is 1. The van der Waals surface area contributed by atoms with Crippen LogP contribution in [-0.2, 0) is 11.3 Å². The smallest absolute Gasteiger partial charge is 0.281 e. The molecule has 0 radical (unpaired) electrons. The van der Waals surface area contributed by atoms with Crippen LogP contribution in [0.1, 0.15) is 49.9 Å². The molecule has 146 valence electrons. The lowest BCUT2D eigenvalue weighted by molar-refractivity contribution is -0.132. The molecule has 3 aromatic rings. The molecular weight excluding hydrogens is 356 g/mol. The molecule has 8 heteroatoms. The highest BCUT2D eigenvalue weighted by atomic mass is 16.2. The maximum Gasteiger partial charge on any atom is 0.281 e. The fraction of sp³-hybridized carbons (Fsp3) is 0.450. The number of nitrogens with zero attached hydrogens (tertiary/aromatic N) is 5. The number of piperidine rings is 1. The van der Waals surface area contributed by atoms with Gasteiger partial charge in [-0.25, -0.2) is 9.67 Å². The first-order valence-corrected chi connectivity index (χ1v) is 9.81. The molecule has 0 spiro atoms. The molecule has 0 aliphatic carbocycles. The van der Waals surface area contributed by atoms with Gasteiger partial charge in [0.1, 0.15) is 5.82 Å². The van der Waals surface area contributed by atoms with Crippen molar-refractivity contribution in [3.63, 3.8) is 0 Å². The van der Waals surface area contributed by atoms with Crippen molar-refractivity contribution >= 4 is 17.1 Å². The molecule has 4 rings (SSSR count). The van der Waals surface area contributed by atoms with Crippen LogP contribution < -0.4 is 5.56 Å². The molecule has 1 N–H and O–H groups in total. The van der Waals surface area contributed by atoms with Crippen LogP contribution in [0.5, 0.6) is 0 Å². The number of aromatic nitrogens is 5. The highest BCUT2D eigenvalue weighted by Crippen LogP contribution is 2.25. The Kier molecular flexibility index (Phi) is 5.18. The normalized spacial score (nSPS) is 17.2. The lowest BCUT2D eigenvalue weighted by atomic mass is 9.96. The van der Waals surface area contributed by atoms with Gasteiger partial charge in [-0.3, -0.25) is 9.59 Å². The minimum absolute atomic E-state index is 0.0201. The number of carbonyl (C=O) groups excluding carboxylic acids is 1. The first kappa shape index (κ1) is 18.3. The second-order valence-electron chi connectivity index (χ2n) is 7.28. The number of fused-ring (bicyclic) bond motifs is 1. The van der Waals surface area contributed by atoms with Crippen molar-refractivity contribution in [3.8, 4) is 0 Å². The van der Waals surface area contributed by atoms with E-state index < -0.39 is 0 Å². The molecule has 0 bridgehead atoms. The summed E-state index contributed by atoms with van der Waals surface area (Å²) >= 11 is 0. The monoisotopic (exact) mass is 380 g/mol. The molecule has 1 fully saturated rings. The average Bonchev–Trinajstić information content (AvgIpc) is 3.12. The Bertz CT molecular complexity index is 1030. The molecule has 1 saturated heterocycles. The van der Waals surface area contributed by atoms with E-state index in [0.29, 0.717) is 31.0 Å². The van der Waals surface area contributed by atoms with Gasteiger partial charge in [-0.2, -0.15) is 0 Å². The summed E-state index contributed by atoms with van der Waals surface area (Å²) in [4.78, 5) is 34.3. The Hall–Kier alpha value is -3.03. The van der Waals surface area contributed by atoms with Crippen LogP contribution in [-0.4, -0.2) is 48.9 Å². The van der Waals surface area contributed by atoms with Crippen molar-refractivity contribution in [1.82, 2.24) is 29.9 Å². The first-order chi connectivity index (χ1) is 13.7. The summed E-state index contributed by atoms with van der Waals surface area (Å²) in [6.07, 6.45) is 3.20. The molecule has 1 aliphatic rings. The number of aromatic amines is 1. The summed E-state index contributed by atoms with van der Waals surface area (Å²) in [7, 11) is 0. The standard InChI is InChI=1S/C20H24N6O2/c1-2-7-16(27)25-11-6-10-15(13-25)18-21-19-17(20(28)22-18)23-24-26(19)12-14-8-4-3-5-9-14/h3-5,8-9,15H,2,6-7,10-13H2,1H3,(H,21,22,28)/t15-/m1/s1. The van der Waals surface area contributed by atoms with Crippen molar-refractivity contribution in [2.75, 3.05) is 13.1 Å². The van der Waals surface area contributed by atoms with E-state index in [4.69, 9.17) is 4.98 Å². The summed E-state index contributed by atoms with van der Waals surface area (Å²) in [5, 5.41) is 8.14. The number of H-pyrrole nitrogens is 1. The largest absolute Gasteiger partial charge is 0.342 e. The fourth-order valence-electron chi connectivity index (χ4n) is 3.74. The molecular formula is C20H24N6O2. The number of carbonyl (C=O) groups is 1. The predicted octanol–water partition coefficient (Wildman–Crippen LogP) is 2.07. The Balaban J connectivity index is 1.63. The second-order valence-corrected chi connectivity index (χ2v) is 7.28. The van der Waals surface area contributed by atoms with Gasteiger partial charge in [-0.15, -0.1) is 5.10 Å². The Morgan fingerprint density at radius 1 is 1.29 bits per heavy atom. The summed E-state index contributed by atoms with van der Waals surface area (Å²) in [6, 6.07) is 9.88. The molecule has 1 aromatic carbocycles. The van der Waals surface area contributed by atoms with E-state index in [1.165, 1.54) is 0 Å². The van der Waals surface area contributed by atoms with E-state index in [1.807, 2.05) is 42.2 Å². The summed E-state index contributed by atoms with van der Waals surface area (Å²) < 4.78 is 1.66. The number of hydrogen-bond acceptors (Lipinski definition) is 5. The number of benzene rings is 1. The van der Waals surface area contributed by atoms with Crippen LogP contribution in [0.25, 0.3) is 11.2 Å². The van der Waals surface area contributed by atoms with Crippen LogP contribution in [0, 0.1) is 0 Å². The zero-order valence-electron chi connectivity index (χ0n) is 16.0. The van der Waals surface area contributed by atoms with Crippen molar-refractivity contribution in [2.45, 2.75) is 45.1 Å². The third-order valence-corrected chi connectivity index (χ3v) is 5.19. The van der Waals surface area contributed by atoms with Crippen molar-refractivity contribution in [2.24, 2.45) is 0 Å². The van der Waals surface area contributed by atoms with Gasteiger partial charge in [0.05, 0.1) is 6.54 Å². The van der Waals surface area contributed by atoms with Crippen molar-refractivity contribution in [3.05, 3.63) is 52.1 Å². The van der Waals surface area contributed by atoms with Crippen LogP contribution in [0.4, 0.5) is 0 Å². The van der Waals surface area contributed by atoms with Gasteiger partial charge in [-0.1, -0.05) is 42.5 Å². The summed E-state index contributed by atoms with van der Waals surface area (Å²) in [6.45, 7) is 3.87. The summed E-state index contributed by atoms with van der Waals surface area (Å²) in [5.41, 5.74) is 1.51. The van der Waals surface area contributed by atoms with Gasteiger partial charge in [-0.05, 0) is 24.8 Å². The lowest BCUT2D eigenvalue weighted by Crippen LogP contribution is -2.39. The predicted molar refractivity (Wildman–Crippen MR) is 105 cm³/mol. The van der Waals surface area contributed by atoms with Gasteiger partial charge in [0.25, 0.3) is 5.56 Å². The van der Waals surface area contributed by atoms with Crippen LogP contribution in [0.3, 0.4) is 0 Å². The maximum absolute atomic E-state index is 12.5. The van der Waals surface area contributed by atoms with E-state index in [2.05, 4.69) is 15.3 Å². The Morgan fingerprint density at radius 2 is 2.11 bits per heavy atom. The van der Waals surface area contributed by atoms with Gasteiger partial charge in [0.15, 0.2) is 11.2 Å². The van der Waals surface area contributed by atoms with E-state index in [9.17, 15) is 9.59 Å². The van der Waals surface area contributed by atoms with Gasteiger partial charge >= 0.3 is 0 Å². The minimum atomic E-state index is -0.281. The SMILES string of the molecule is CCCC(=O)N1CCC[C@@H](c2nc3c(nnn3Cc3ccccc3)c(=O)[nH]2)C1. The van der Waals surface area contributed by atoms with E-state index in [0.717, 1.165) is 31.4 Å². The third kappa shape index (κ3) is 3.67. The van der Waals surface area contributed by atoms with Gasteiger partial charge in [0.2, 0.25) is 5.91 Å². The van der Waals surface area contributed by atoms with Crippen molar-refractivity contribution < 1.29 is 4.79 Å². The molecule has 1 amide bonds.